The molecular weight excluding hydrogens is 470 g/mol. The first-order valence-electron chi connectivity index (χ1n) is 10.1. The fourth-order valence-corrected chi connectivity index (χ4v) is 3.92. The average molecular weight is 489 g/mol. The van der Waals surface area contributed by atoms with E-state index in [0.717, 1.165) is 0 Å². The summed E-state index contributed by atoms with van der Waals surface area (Å²) in [6, 6.07) is 6.43. The molecule has 1 amide bonds. The number of aromatic nitrogens is 2. The van der Waals surface area contributed by atoms with E-state index in [1.807, 2.05) is 0 Å². The van der Waals surface area contributed by atoms with Crippen LogP contribution in [0.1, 0.15) is 12.8 Å². The van der Waals surface area contributed by atoms with Crippen molar-refractivity contribution < 1.29 is 18.7 Å². The van der Waals surface area contributed by atoms with Crippen LogP contribution >= 0.6 is 23.2 Å². The summed E-state index contributed by atoms with van der Waals surface area (Å²) in [5.74, 6) is 2.47. The first-order valence-corrected chi connectivity index (χ1v) is 10.8. The molecule has 7 nitrogen and oxygen atoms in total. The van der Waals surface area contributed by atoms with E-state index in [-0.39, 0.29) is 27.7 Å². The van der Waals surface area contributed by atoms with Crippen LogP contribution < -0.4 is 14.8 Å². The van der Waals surface area contributed by atoms with E-state index in [1.165, 1.54) is 25.6 Å². The van der Waals surface area contributed by atoms with Crippen molar-refractivity contribution in [2.75, 3.05) is 25.5 Å². The Morgan fingerprint density at radius 1 is 1.24 bits per heavy atom. The average Bonchev–Trinajstić information content (AvgIpc) is 2.84. The molecule has 1 aliphatic heterocycles. The highest BCUT2D eigenvalue weighted by molar-refractivity contribution is 6.42. The summed E-state index contributed by atoms with van der Waals surface area (Å²) in [7, 11) is 1.54. The molecule has 170 valence electrons. The van der Waals surface area contributed by atoms with Gasteiger partial charge in [0.25, 0.3) is 5.91 Å². The summed E-state index contributed by atoms with van der Waals surface area (Å²) in [4.78, 5) is 21.9. The molecule has 0 atom stereocenters. The number of benzene rings is 2. The molecule has 1 aliphatic rings. The van der Waals surface area contributed by atoms with Gasteiger partial charge in [-0.3, -0.25) is 4.79 Å². The smallest absolute Gasteiger partial charge is 0.298 e. The number of hydrogen-bond acceptors (Lipinski definition) is 6. The maximum Gasteiger partial charge on any atom is 0.298 e. The van der Waals surface area contributed by atoms with Gasteiger partial charge in [0.05, 0.1) is 28.4 Å². The molecule has 10 heteroatoms. The molecule has 1 aromatic heterocycles. The van der Waals surface area contributed by atoms with Gasteiger partial charge in [-0.25, -0.2) is 14.4 Å². The molecule has 4 rings (SSSR count). The number of halogens is 3. The van der Waals surface area contributed by atoms with E-state index in [0.29, 0.717) is 54.2 Å². The number of anilines is 2. The first kappa shape index (κ1) is 22.9. The van der Waals surface area contributed by atoms with Gasteiger partial charge >= 0.3 is 0 Å². The van der Waals surface area contributed by atoms with Crippen molar-refractivity contribution in [3.8, 4) is 23.8 Å². The highest BCUT2D eigenvalue weighted by atomic mass is 35.5. The predicted molar refractivity (Wildman–Crippen MR) is 125 cm³/mol. The molecule has 0 aliphatic carbocycles. The van der Waals surface area contributed by atoms with Crippen LogP contribution in [0.3, 0.4) is 0 Å². The molecule has 3 aromatic rings. The number of nitrogens with zero attached hydrogens (tertiary/aromatic N) is 3. The number of piperidine rings is 1. The zero-order chi connectivity index (χ0) is 23.5. The summed E-state index contributed by atoms with van der Waals surface area (Å²) in [5.41, 5.74) is 0.694. The summed E-state index contributed by atoms with van der Waals surface area (Å²) in [6.07, 6.45) is 7.68. The van der Waals surface area contributed by atoms with Crippen molar-refractivity contribution in [1.29, 1.82) is 0 Å². The Bertz CT molecular complexity index is 1260. The number of amides is 1. The van der Waals surface area contributed by atoms with Crippen molar-refractivity contribution in [2.45, 2.75) is 18.9 Å². The zero-order valence-electron chi connectivity index (χ0n) is 17.6. The quantitative estimate of drug-likeness (QED) is 0.409. The predicted octanol–water partition coefficient (Wildman–Crippen LogP) is 4.83. The number of likely N-dealkylation sites (tertiary alicyclic amines) is 1. The second kappa shape index (κ2) is 9.69. The number of methoxy groups -OCH3 is 1. The van der Waals surface area contributed by atoms with E-state index < -0.39 is 5.82 Å². The number of nitrogens with one attached hydrogen (secondary N) is 1. The Balaban J connectivity index is 1.63. The van der Waals surface area contributed by atoms with Gasteiger partial charge < -0.3 is 19.7 Å². The molecule has 1 saturated heterocycles. The van der Waals surface area contributed by atoms with Crippen LogP contribution in [0.15, 0.2) is 30.6 Å². The van der Waals surface area contributed by atoms with E-state index in [2.05, 4.69) is 21.2 Å². The molecule has 1 N–H and O–H groups in total. The second-order valence-corrected chi connectivity index (χ2v) is 8.13. The highest BCUT2D eigenvalue weighted by Crippen LogP contribution is 2.37. The minimum Gasteiger partial charge on any atom is -0.493 e. The van der Waals surface area contributed by atoms with Crippen molar-refractivity contribution in [3.05, 3.63) is 46.5 Å². The van der Waals surface area contributed by atoms with Crippen molar-refractivity contribution in [1.82, 2.24) is 14.9 Å². The third-order valence-electron chi connectivity index (χ3n) is 5.36. The van der Waals surface area contributed by atoms with Gasteiger partial charge in [0.1, 0.15) is 18.2 Å². The van der Waals surface area contributed by atoms with Gasteiger partial charge in [-0.2, -0.15) is 0 Å². The van der Waals surface area contributed by atoms with Crippen molar-refractivity contribution in [2.24, 2.45) is 0 Å². The van der Waals surface area contributed by atoms with Crippen LogP contribution in [0.4, 0.5) is 15.9 Å². The van der Waals surface area contributed by atoms with Crippen LogP contribution in [0.25, 0.3) is 10.9 Å². The minimum atomic E-state index is -0.686. The SMILES string of the molecule is C#CC(=O)N1CCC(Oc2cc3c(Nc4ccc(Cl)c(Cl)c4F)ncnc3cc2OC)CC1. The van der Waals surface area contributed by atoms with Gasteiger partial charge in [0, 0.05) is 37.4 Å². The van der Waals surface area contributed by atoms with Gasteiger partial charge in [0.15, 0.2) is 17.3 Å². The number of fused-ring (bicyclic) bond motifs is 1. The lowest BCUT2D eigenvalue weighted by molar-refractivity contribution is -0.126. The largest absolute Gasteiger partial charge is 0.493 e. The van der Waals surface area contributed by atoms with Crippen LogP contribution in [0.2, 0.25) is 10.0 Å². The normalized spacial score (nSPS) is 14.1. The number of hydrogen-bond donors (Lipinski definition) is 1. The number of terminal acetylenes is 1. The van der Waals surface area contributed by atoms with E-state index >= 15 is 0 Å². The first-order chi connectivity index (χ1) is 15.9. The highest BCUT2D eigenvalue weighted by Gasteiger charge is 2.24. The summed E-state index contributed by atoms with van der Waals surface area (Å²) in [5, 5.41) is 3.48. The van der Waals surface area contributed by atoms with Gasteiger partial charge in [0.2, 0.25) is 0 Å². The topological polar surface area (TPSA) is 76.6 Å². The van der Waals surface area contributed by atoms with E-state index in [4.69, 9.17) is 39.1 Å². The van der Waals surface area contributed by atoms with Crippen molar-refractivity contribution in [3.63, 3.8) is 0 Å². The van der Waals surface area contributed by atoms with Gasteiger partial charge in [-0.05, 0) is 24.1 Å². The van der Waals surface area contributed by atoms with E-state index in [1.54, 1.807) is 17.0 Å². The monoisotopic (exact) mass is 488 g/mol. The summed E-state index contributed by atoms with van der Waals surface area (Å²) >= 11 is 11.8. The Morgan fingerprint density at radius 3 is 2.70 bits per heavy atom. The fourth-order valence-electron chi connectivity index (χ4n) is 3.61. The lowest BCUT2D eigenvalue weighted by Gasteiger charge is -2.31. The molecule has 0 unspecified atom stereocenters. The molecular formula is C23H19Cl2FN4O3. The molecule has 1 fully saturated rings. The summed E-state index contributed by atoms with van der Waals surface area (Å²) in [6.45, 7) is 1.02. The fraction of sp³-hybridized carbons (Fsp3) is 0.261. The number of rotatable bonds is 5. The Kier molecular flexibility index (Phi) is 6.72. The van der Waals surface area contributed by atoms with Crippen LogP contribution in [-0.4, -0.2) is 47.1 Å². The van der Waals surface area contributed by atoms with Crippen LogP contribution in [-0.2, 0) is 4.79 Å². The van der Waals surface area contributed by atoms with E-state index in [9.17, 15) is 9.18 Å². The Hall–Kier alpha value is -3.28. The molecule has 0 bridgehead atoms. The molecule has 2 aromatic carbocycles. The molecule has 0 spiro atoms. The van der Waals surface area contributed by atoms with Crippen LogP contribution in [0, 0.1) is 18.2 Å². The summed E-state index contributed by atoms with van der Waals surface area (Å²) < 4.78 is 26.3. The van der Waals surface area contributed by atoms with Crippen LogP contribution in [0.5, 0.6) is 11.5 Å². The third kappa shape index (κ3) is 4.75. The zero-order valence-corrected chi connectivity index (χ0v) is 19.1. The molecule has 0 radical (unpaired) electrons. The Morgan fingerprint density at radius 2 is 2.00 bits per heavy atom. The Labute approximate surface area is 199 Å². The number of carbonyl (C=O) groups is 1. The molecule has 2 heterocycles. The van der Waals surface area contributed by atoms with Gasteiger partial charge in [-0.15, -0.1) is 6.42 Å². The lowest BCUT2D eigenvalue weighted by Crippen LogP contribution is -2.41. The number of carbonyl (C=O) groups excluding carboxylic acids is 1. The maximum atomic E-state index is 14.6. The van der Waals surface area contributed by atoms with Crippen molar-refractivity contribution >= 4 is 51.5 Å². The second-order valence-electron chi connectivity index (χ2n) is 7.34. The lowest BCUT2D eigenvalue weighted by atomic mass is 10.1. The minimum absolute atomic E-state index is 0.114. The number of ether oxygens (including phenoxy) is 2. The van der Waals surface area contributed by atoms with Gasteiger partial charge in [-0.1, -0.05) is 23.2 Å². The maximum absolute atomic E-state index is 14.6. The molecule has 0 saturated carbocycles. The standard InChI is InChI=1S/C23H19Cl2FN4O3/c1-3-20(31)30-8-6-13(7-9-30)33-19-10-14-17(11-18(19)32-2)27-12-28-23(14)29-16-5-4-15(24)21(25)22(16)26/h1,4-5,10-13H,6-9H2,2H3,(H,27,28,29). The molecule has 33 heavy (non-hydrogen) atoms. The third-order valence-corrected chi connectivity index (χ3v) is 6.14.